The summed E-state index contributed by atoms with van der Waals surface area (Å²) < 4.78 is 4.16. The lowest BCUT2D eigenvalue weighted by atomic mass is 10.7. The first-order valence-electron chi connectivity index (χ1n) is 2.84. The molecule has 1 rings (SSSR count). The van der Waals surface area contributed by atoms with Gasteiger partial charge in [0.2, 0.25) is 6.33 Å². The Balaban J connectivity index is 0.000000640. The maximum absolute atomic E-state index is 2.12. The molecule has 0 bridgehead atoms. The molecule has 52 valence electrons. The Bertz CT molecular complexity index is 169. The van der Waals surface area contributed by atoms with Gasteiger partial charge in [0, 0.05) is 0 Å². The molecule has 0 saturated heterocycles. The zero-order valence-corrected chi connectivity index (χ0v) is 6.04. The summed E-state index contributed by atoms with van der Waals surface area (Å²) in [5.41, 5.74) is 0. The van der Waals surface area contributed by atoms with Crippen molar-refractivity contribution in [2.24, 2.45) is 7.05 Å². The second kappa shape index (κ2) is 3.25. The molecule has 1 heterocycles. The summed E-state index contributed by atoms with van der Waals surface area (Å²) in [6.07, 6.45) is 6.14. The Morgan fingerprint density at radius 2 is 2.22 bits per heavy atom. The number of imidazole rings is 1. The Labute approximate surface area is 55.5 Å². The van der Waals surface area contributed by atoms with E-state index in [1.165, 1.54) is 0 Å². The van der Waals surface area contributed by atoms with Crippen LogP contribution in [0.3, 0.4) is 0 Å². The standard InChI is InChI=1S/C6H11N2.H3N/c1-3-8-5-4-7(2)6-8;/h4-6H,3H2,1-2H3;1H3/q+1;. The van der Waals surface area contributed by atoms with E-state index in [-0.39, 0.29) is 6.15 Å². The number of hydrogen-bond acceptors (Lipinski definition) is 1. The molecular formula is C6H14N3+. The van der Waals surface area contributed by atoms with Crippen LogP contribution >= 0.6 is 0 Å². The van der Waals surface area contributed by atoms with E-state index in [4.69, 9.17) is 0 Å². The highest BCUT2D eigenvalue weighted by Crippen LogP contribution is 1.79. The summed E-state index contributed by atoms with van der Waals surface area (Å²) >= 11 is 0. The molecule has 0 unspecified atom stereocenters. The van der Waals surface area contributed by atoms with Crippen LogP contribution in [-0.4, -0.2) is 4.57 Å². The molecule has 0 saturated carbocycles. The summed E-state index contributed by atoms with van der Waals surface area (Å²) in [6.45, 7) is 3.18. The highest BCUT2D eigenvalue weighted by molar-refractivity contribution is 4.63. The number of aromatic nitrogens is 2. The molecular weight excluding hydrogens is 114 g/mol. The van der Waals surface area contributed by atoms with Gasteiger partial charge in [-0.1, -0.05) is 0 Å². The fourth-order valence-electron chi connectivity index (χ4n) is 0.689. The van der Waals surface area contributed by atoms with Crippen LogP contribution in [0.15, 0.2) is 18.7 Å². The van der Waals surface area contributed by atoms with Gasteiger partial charge < -0.3 is 6.15 Å². The van der Waals surface area contributed by atoms with Crippen molar-refractivity contribution >= 4 is 0 Å². The van der Waals surface area contributed by atoms with Crippen LogP contribution in [0.25, 0.3) is 0 Å². The van der Waals surface area contributed by atoms with Gasteiger partial charge >= 0.3 is 0 Å². The van der Waals surface area contributed by atoms with E-state index in [1.807, 2.05) is 17.8 Å². The molecule has 3 nitrogen and oxygen atoms in total. The maximum Gasteiger partial charge on any atom is 0.243 e. The Hall–Kier alpha value is -0.830. The summed E-state index contributed by atoms with van der Waals surface area (Å²) in [7, 11) is 2.02. The van der Waals surface area contributed by atoms with Gasteiger partial charge in [-0.2, -0.15) is 0 Å². The summed E-state index contributed by atoms with van der Waals surface area (Å²) in [5, 5.41) is 0. The van der Waals surface area contributed by atoms with E-state index < -0.39 is 0 Å². The number of hydrogen-bond donors (Lipinski definition) is 1. The summed E-state index contributed by atoms with van der Waals surface area (Å²) in [6, 6.07) is 0. The quantitative estimate of drug-likeness (QED) is 0.550. The lowest BCUT2D eigenvalue weighted by Crippen LogP contribution is -2.23. The molecule has 0 aromatic carbocycles. The molecule has 3 N–H and O–H groups in total. The second-order valence-electron chi connectivity index (χ2n) is 1.91. The fraction of sp³-hybridized carbons (Fsp3) is 0.500. The summed E-state index contributed by atoms with van der Waals surface area (Å²) in [5.74, 6) is 0. The van der Waals surface area contributed by atoms with Crippen LogP contribution in [0.2, 0.25) is 0 Å². The second-order valence-corrected chi connectivity index (χ2v) is 1.91. The van der Waals surface area contributed by atoms with Gasteiger partial charge in [-0.05, 0) is 6.92 Å². The van der Waals surface area contributed by atoms with Gasteiger partial charge in [0.05, 0.1) is 13.6 Å². The summed E-state index contributed by atoms with van der Waals surface area (Å²) in [4.78, 5) is 0. The average Bonchev–Trinajstić information content (AvgIpc) is 2.14. The molecule has 1 aromatic rings. The van der Waals surface area contributed by atoms with E-state index in [9.17, 15) is 0 Å². The van der Waals surface area contributed by atoms with E-state index >= 15 is 0 Å². The lowest BCUT2D eigenvalue weighted by Gasteiger charge is -1.81. The highest BCUT2D eigenvalue weighted by Gasteiger charge is 1.92. The molecule has 0 fully saturated rings. The number of nitrogens with zero attached hydrogens (tertiary/aromatic N) is 2. The van der Waals surface area contributed by atoms with Crippen LogP contribution in [-0.2, 0) is 13.6 Å². The first-order chi connectivity index (χ1) is 3.83. The van der Waals surface area contributed by atoms with Crippen LogP contribution in [0.5, 0.6) is 0 Å². The maximum atomic E-state index is 2.12. The van der Waals surface area contributed by atoms with Crippen LogP contribution in [0.4, 0.5) is 0 Å². The van der Waals surface area contributed by atoms with Crippen molar-refractivity contribution in [3.63, 3.8) is 0 Å². The van der Waals surface area contributed by atoms with Crippen LogP contribution < -0.4 is 10.7 Å². The van der Waals surface area contributed by atoms with Crippen molar-refractivity contribution in [2.75, 3.05) is 0 Å². The van der Waals surface area contributed by atoms with Crippen molar-refractivity contribution < 1.29 is 4.57 Å². The number of aryl methyl sites for hydroxylation is 2. The lowest BCUT2D eigenvalue weighted by molar-refractivity contribution is -0.671. The molecule has 0 aliphatic carbocycles. The van der Waals surface area contributed by atoms with Gasteiger partial charge in [-0.25, -0.2) is 9.13 Å². The minimum Gasteiger partial charge on any atom is -0.344 e. The smallest absolute Gasteiger partial charge is 0.243 e. The zero-order valence-electron chi connectivity index (χ0n) is 6.04. The normalized spacial score (nSPS) is 8.67. The predicted molar refractivity (Wildman–Crippen MR) is 36.3 cm³/mol. The van der Waals surface area contributed by atoms with E-state index in [2.05, 4.69) is 24.0 Å². The minimum absolute atomic E-state index is 0. The van der Waals surface area contributed by atoms with E-state index in [0.29, 0.717) is 0 Å². The van der Waals surface area contributed by atoms with Crippen LogP contribution in [0, 0.1) is 0 Å². The largest absolute Gasteiger partial charge is 0.344 e. The van der Waals surface area contributed by atoms with Crippen molar-refractivity contribution in [3.05, 3.63) is 18.7 Å². The Kier molecular flexibility index (Phi) is 2.95. The zero-order chi connectivity index (χ0) is 5.98. The Morgan fingerprint density at radius 1 is 1.56 bits per heavy atom. The molecule has 9 heavy (non-hydrogen) atoms. The third-order valence-electron chi connectivity index (χ3n) is 1.19. The first-order valence-corrected chi connectivity index (χ1v) is 2.84. The van der Waals surface area contributed by atoms with Gasteiger partial charge in [0.1, 0.15) is 12.4 Å². The third kappa shape index (κ3) is 1.85. The Morgan fingerprint density at radius 3 is 2.44 bits per heavy atom. The monoisotopic (exact) mass is 128 g/mol. The molecule has 3 heteroatoms. The van der Waals surface area contributed by atoms with E-state index in [1.54, 1.807) is 0 Å². The van der Waals surface area contributed by atoms with Gasteiger partial charge in [-0.15, -0.1) is 0 Å². The molecule has 0 aliphatic rings. The SMILES string of the molecule is CCn1cc[n+](C)c1.N. The fourth-order valence-corrected chi connectivity index (χ4v) is 0.689. The van der Waals surface area contributed by atoms with Crippen molar-refractivity contribution in [2.45, 2.75) is 13.5 Å². The molecule has 0 atom stereocenters. The molecule has 0 spiro atoms. The highest BCUT2D eigenvalue weighted by atomic mass is 15.1. The van der Waals surface area contributed by atoms with Crippen molar-refractivity contribution in [1.29, 1.82) is 0 Å². The van der Waals surface area contributed by atoms with E-state index in [0.717, 1.165) is 6.54 Å². The first kappa shape index (κ1) is 8.17. The predicted octanol–water partition coefficient (Wildman–Crippen LogP) is 0.494. The topological polar surface area (TPSA) is 43.8 Å². The average molecular weight is 128 g/mol. The minimum atomic E-state index is 0. The third-order valence-corrected chi connectivity index (χ3v) is 1.19. The molecule has 0 radical (unpaired) electrons. The van der Waals surface area contributed by atoms with Crippen molar-refractivity contribution in [3.8, 4) is 0 Å². The molecule has 0 aliphatic heterocycles. The number of rotatable bonds is 1. The van der Waals surface area contributed by atoms with Gasteiger partial charge in [0.15, 0.2) is 0 Å². The van der Waals surface area contributed by atoms with Crippen LogP contribution in [0.1, 0.15) is 6.92 Å². The van der Waals surface area contributed by atoms with Gasteiger partial charge in [-0.3, -0.25) is 0 Å². The molecule has 1 aromatic heterocycles. The molecule has 0 amide bonds. The van der Waals surface area contributed by atoms with Crippen molar-refractivity contribution in [1.82, 2.24) is 10.7 Å². The van der Waals surface area contributed by atoms with Gasteiger partial charge in [0.25, 0.3) is 0 Å².